The third-order valence-corrected chi connectivity index (χ3v) is 6.77. The van der Waals surface area contributed by atoms with Crippen molar-refractivity contribution in [3.63, 3.8) is 0 Å². The molecule has 3 saturated heterocycles. The lowest BCUT2D eigenvalue weighted by Gasteiger charge is -2.40. The molecule has 0 spiro atoms. The molecule has 2 aromatic rings. The molecule has 5 heterocycles. The number of nitrogens with zero attached hydrogens (tertiary/aromatic N) is 7. The van der Waals surface area contributed by atoms with Crippen molar-refractivity contribution in [3.8, 4) is 0 Å². The maximum Gasteiger partial charge on any atom is 0.134 e. The Balaban J connectivity index is 1.15. The monoisotopic (exact) mass is 407 g/mol. The predicted molar refractivity (Wildman–Crippen MR) is 121 cm³/mol. The van der Waals surface area contributed by atoms with Crippen LogP contribution in [0.5, 0.6) is 0 Å². The van der Waals surface area contributed by atoms with Gasteiger partial charge in [0.05, 0.1) is 0 Å². The van der Waals surface area contributed by atoms with Crippen LogP contribution in [0.1, 0.15) is 25.7 Å². The first kappa shape index (κ1) is 19.5. The van der Waals surface area contributed by atoms with Crippen LogP contribution >= 0.6 is 0 Å². The summed E-state index contributed by atoms with van der Waals surface area (Å²) in [6, 6.07) is 8.39. The lowest BCUT2D eigenvalue weighted by atomic mass is 9.97. The highest BCUT2D eigenvalue weighted by atomic mass is 15.3. The van der Waals surface area contributed by atoms with Gasteiger partial charge >= 0.3 is 0 Å². The average molecular weight is 408 g/mol. The predicted octanol–water partition coefficient (Wildman–Crippen LogP) is 2.51. The number of hydrogen-bond donors (Lipinski definition) is 0. The molecule has 3 fully saturated rings. The smallest absolute Gasteiger partial charge is 0.134 e. The third-order valence-electron chi connectivity index (χ3n) is 6.77. The second kappa shape index (κ2) is 9.16. The fraction of sp³-hybridized carbons (Fsp3) is 0.609. The van der Waals surface area contributed by atoms with Crippen LogP contribution in [0.25, 0.3) is 0 Å². The molecular formula is C23H33N7. The van der Waals surface area contributed by atoms with E-state index in [1.165, 1.54) is 32.2 Å². The molecule has 0 bridgehead atoms. The minimum absolute atomic E-state index is 0.713. The van der Waals surface area contributed by atoms with E-state index in [-0.39, 0.29) is 0 Å². The first-order chi connectivity index (χ1) is 14.8. The van der Waals surface area contributed by atoms with Crippen molar-refractivity contribution in [3.05, 3.63) is 36.8 Å². The summed E-state index contributed by atoms with van der Waals surface area (Å²) in [5.74, 6) is 4.03. The molecule has 0 aliphatic carbocycles. The molecule has 3 aliphatic rings. The number of piperidine rings is 1. The van der Waals surface area contributed by atoms with Crippen molar-refractivity contribution in [2.45, 2.75) is 25.7 Å². The second-order valence-corrected chi connectivity index (χ2v) is 8.86. The Morgan fingerprint density at radius 2 is 1.47 bits per heavy atom. The van der Waals surface area contributed by atoms with Crippen molar-refractivity contribution in [2.24, 2.45) is 5.92 Å². The SMILES string of the molecule is c1ccc(N2CCN(CC3CCCN(c4cc(N5CCCC5)ncn4)C3)CC2)nc1. The van der Waals surface area contributed by atoms with Gasteiger partial charge in [-0.3, -0.25) is 4.90 Å². The Bertz CT molecular complexity index is 800. The quantitative estimate of drug-likeness (QED) is 0.755. The van der Waals surface area contributed by atoms with E-state index >= 15 is 0 Å². The first-order valence-electron chi connectivity index (χ1n) is 11.6. The summed E-state index contributed by atoms with van der Waals surface area (Å²) in [4.78, 5) is 23.6. The van der Waals surface area contributed by atoms with E-state index in [0.29, 0.717) is 5.92 Å². The van der Waals surface area contributed by atoms with Crippen LogP contribution in [-0.4, -0.2) is 78.8 Å². The minimum Gasteiger partial charge on any atom is -0.356 e. The van der Waals surface area contributed by atoms with Gasteiger partial charge in [0.25, 0.3) is 0 Å². The summed E-state index contributed by atoms with van der Waals surface area (Å²) in [6.07, 6.45) is 8.77. The highest BCUT2D eigenvalue weighted by molar-refractivity contribution is 5.50. The molecule has 1 atom stereocenters. The van der Waals surface area contributed by atoms with Gasteiger partial charge in [0.15, 0.2) is 0 Å². The Hall–Kier alpha value is -2.41. The van der Waals surface area contributed by atoms with Gasteiger partial charge in [-0.05, 0) is 43.7 Å². The van der Waals surface area contributed by atoms with Crippen LogP contribution < -0.4 is 14.7 Å². The zero-order valence-electron chi connectivity index (χ0n) is 17.9. The third kappa shape index (κ3) is 4.51. The van der Waals surface area contributed by atoms with Crippen molar-refractivity contribution in [2.75, 3.05) is 73.6 Å². The fourth-order valence-electron chi connectivity index (χ4n) is 5.12. The average Bonchev–Trinajstić information content (AvgIpc) is 3.36. The van der Waals surface area contributed by atoms with Gasteiger partial charge in [0.1, 0.15) is 23.8 Å². The molecule has 30 heavy (non-hydrogen) atoms. The van der Waals surface area contributed by atoms with Crippen molar-refractivity contribution < 1.29 is 0 Å². The maximum atomic E-state index is 4.62. The summed E-state index contributed by atoms with van der Waals surface area (Å²) in [6.45, 7) is 10.1. The lowest BCUT2D eigenvalue weighted by Crippen LogP contribution is -2.50. The Morgan fingerprint density at radius 1 is 0.733 bits per heavy atom. The molecule has 0 saturated carbocycles. The number of hydrogen-bond acceptors (Lipinski definition) is 7. The van der Waals surface area contributed by atoms with Gasteiger partial charge in [-0.1, -0.05) is 6.07 Å². The van der Waals surface area contributed by atoms with Crippen LogP contribution in [0.4, 0.5) is 17.5 Å². The van der Waals surface area contributed by atoms with Crippen molar-refractivity contribution in [1.29, 1.82) is 0 Å². The van der Waals surface area contributed by atoms with Gasteiger partial charge in [0, 0.05) is 71.2 Å². The summed E-state index contributed by atoms with van der Waals surface area (Å²) >= 11 is 0. The van der Waals surface area contributed by atoms with E-state index in [9.17, 15) is 0 Å². The molecular weight excluding hydrogens is 374 g/mol. The molecule has 3 aliphatic heterocycles. The highest BCUT2D eigenvalue weighted by Crippen LogP contribution is 2.26. The van der Waals surface area contributed by atoms with Gasteiger partial charge in [0.2, 0.25) is 0 Å². The second-order valence-electron chi connectivity index (χ2n) is 8.86. The molecule has 2 aromatic heterocycles. The molecule has 7 nitrogen and oxygen atoms in total. The highest BCUT2D eigenvalue weighted by Gasteiger charge is 2.26. The number of pyridine rings is 1. The number of anilines is 3. The molecule has 7 heteroatoms. The Labute approximate surface area is 179 Å². The van der Waals surface area contributed by atoms with Gasteiger partial charge in [-0.15, -0.1) is 0 Å². The molecule has 160 valence electrons. The number of piperazine rings is 1. The van der Waals surface area contributed by atoms with Gasteiger partial charge in [-0.2, -0.15) is 0 Å². The molecule has 0 N–H and O–H groups in total. The molecule has 0 radical (unpaired) electrons. The zero-order valence-corrected chi connectivity index (χ0v) is 17.9. The summed E-state index contributed by atoms with van der Waals surface area (Å²) in [7, 11) is 0. The first-order valence-corrected chi connectivity index (χ1v) is 11.6. The van der Waals surface area contributed by atoms with E-state index in [2.05, 4.69) is 52.8 Å². The van der Waals surface area contributed by atoms with Crippen LogP contribution in [0.2, 0.25) is 0 Å². The summed E-state index contributed by atoms with van der Waals surface area (Å²) in [5.41, 5.74) is 0. The normalized spacial score (nSPS) is 23.2. The number of rotatable bonds is 5. The molecule has 1 unspecified atom stereocenters. The topological polar surface area (TPSA) is 51.6 Å². The van der Waals surface area contributed by atoms with Gasteiger partial charge < -0.3 is 14.7 Å². The van der Waals surface area contributed by atoms with Crippen LogP contribution in [0.15, 0.2) is 36.8 Å². The lowest BCUT2D eigenvalue weighted by molar-refractivity contribution is 0.205. The zero-order chi connectivity index (χ0) is 20.2. The van der Waals surface area contributed by atoms with Crippen molar-refractivity contribution in [1.82, 2.24) is 19.9 Å². The van der Waals surface area contributed by atoms with Gasteiger partial charge in [-0.25, -0.2) is 15.0 Å². The van der Waals surface area contributed by atoms with Crippen LogP contribution in [0.3, 0.4) is 0 Å². The van der Waals surface area contributed by atoms with Crippen LogP contribution in [-0.2, 0) is 0 Å². The maximum absolute atomic E-state index is 4.62. The van der Waals surface area contributed by atoms with Crippen molar-refractivity contribution >= 4 is 17.5 Å². The largest absolute Gasteiger partial charge is 0.356 e. The molecule has 0 aromatic carbocycles. The molecule has 0 amide bonds. The van der Waals surface area contributed by atoms with E-state index in [1.54, 1.807) is 6.33 Å². The van der Waals surface area contributed by atoms with Crippen LogP contribution in [0, 0.1) is 5.92 Å². The van der Waals surface area contributed by atoms with E-state index in [4.69, 9.17) is 0 Å². The Morgan fingerprint density at radius 3 is 2.23 bits per heavy atom. The van der Waals surface area contributed by atoms with E-state index in [0.717, 1.165) is 69.8 Å². The Kier molecular flexibility index (Phi) is 5.97. The number of aromatic nitrogens is 3. The minimum atomic E-state index is 0.713. The molecule has 5 rings (SSSR count). The standard InChI is InChI=1S/C23H33N7/c1-2-8-24-21(7-1)29-14-12-27(13-15-29)17-20-6-5-11-30(18-20)23-16-22(25-19-26-23)28-9-3-4-10-28/h1-2,7-8,16,19-20H,3-6,9-15,17-18H2. The fourth-order valence-corrected chi connectivity index (χ4v) is 5.12. The summed E-state index contributed by atoms with van der Waals surface area (Å²) < 4.78 is 0. The summed E-state index contributed by atoms with van der Waals surface area (Å²) in [5, 5.41) is 0. The van der Waals surface area contributed by atoms with E-state index < -0.39 is 0 Å². The van der Waals surface area contributed by atoms with E-state index in [1.807, 2.05) is 12.3 Å².